The van der Waals surface area contributed by atoms with Crippen LogP contribution in [0.2, 0.25) is 0 Å². The molecule has 23 heavy (non-hydrogen) atoms. The normalized spacial score (nSPS) is 10.8. The van der Waals surface area contributed by atoms with Gasteiger partial charge in [-0.25, -0.2) is 0 Å². The van der Waals surface area contributed by atoms with E-state index in [1.165, 1.54) is 0 Å². The molecule has 1 amide bonds. The molecule has 0 radical (unpaired) electrons. The maximum Gasteiger partial charge on any atom is 0.227 e. The van der Waals surface area contributed by atoms with E-state index >= 15 is 0 Å². The number of H-pyrrole nitrogens is 1. The Bertz CT molecular complexity index is 783. The lowest BCUT2D eigenvalue weighted by molar-refractivity contribution is -0.118. The molecule has 0 aliphatic heterocycles. The number of nitrogens with zero attached hydrogens (tertiary/aromatic N) is 2. The van der Waals surface area contributed by atoms with Gasteiger partial charge in [0.05, 0.1) is 12.1 Å². The number of hydrogen-bond acceptors (Lipinski definition) is 3. The van der Waals surface area contributed by atoms with Gasteiger partial charge >= 0.3 is 0 Å². The zero-order chi connectivity index (χ0) is 16.1. The fraction of sp³-hybridized carbons (Fsp3) is 0.222. The first kappa shape index (κ1) is 15.2. The van der Waals surface area contributed by atoms with Crippen molar-refractivity contribution in [2.45, 2.75) is 12.8 Å². The number of para-hydroxylation sites is 2. The number of benzene rings is 2. The first-order chi connectivity index (χ1) is 11.3. The van der Waals surface area contributed by atoms with Crippen molar-refractivity contribution in [1.82, 2.24) is 10.2 Å². The van der Waals surface area contributed by atoms with Crippen LogP contribution in [0.3, 0.4) is 0 Å². The van der Waals surface area contributed by atoms with Gasteiger partial charge in [-0.15, -0.1) is 0 Å². The summed E-state index contributed by atoms with van der Waals surface area (Å²) in [5.41, 5.74) is 2.68. The van der Waals surface area contributed by atoms with Crippen LogP contribution in [0.5, 0.6) is 0 Å². The predicted octanol–water partition coefficient (Wildman–Crippen LogP) is 2.52. The molecule has 0 aliphatic rings. The molecule has 0 bridgehead atoms. The number of amides is 1. The van der Waals surface area contributed by atoms with Crippen LogP contribution in [-0.4, -0.2) is 34.4 Å². The van der Waals surface area contributed by atoms with Crippen LogP contribution in [0.25, 0.3) is 10.9 Å². The van der Waals surface area contributed by atoms with E-state index in [9.17, 15) is 9.90 Å². The lowest BCUT2D eigenvalue weighted by Gasteiger charge is -2.21. The second-order valence-corrected chi connectivity index (χ2v) is 5.32. The van der Waals surface area contributed by atoms with Crippen molar-refractivity contribution in [3.05, 3.63) is 60.3 Å². The summed E-state index contributed by atoms with van der Waals surface area (Å²) in [6.07, 6.45) is 0.954. The van der Waals surface area contributed by atoms with E-state index < -0.39 is 0 Å². The molecule has 5 heteroatoms. The standard InChI is InChI=1S/C18H19N3O2/c22-13-12-21(14-6-2-1-3-7-14)18(23)11-10-17-15-8-4-5-9-16(15)19-20-17/h1-9,22H,10-13H2,(H,19,20). The summed E-state index contributed by atoms with van der Waals surface area (Å²) >= 11 is 0. The molecule has 0 fully saturated rings. The maximum atomic E-state index is 12.5. The number of nitrogens with one attached hydrogen (secondary N) is 1. The van der Waals surface area contributed by atoms with Crippen molar-refractivity contribution in [1.29, 1.82) is 0 Å². The Kier molecular flexibility index (Phi) is 4.68. The highest BCUT2D eigenvalue weighted by Gasteiger charge is 2.16. The van der Waals surface area contributed by atoms with Crippen molar-refractivity contribution in [3.63, 3.8) is 0 Å². The van der Waals surface area contributed by atoms with Gasteiger partial charge in [-0.2, -0.15) is 5.10 Å². The van der Waals surface area contributed by atoms with Crippen LogP contribution >= 0.6 is 0 Å². The number of aliphatic hydroxyl groups is 1. The third-order valence-electron chi connectivity index (χ3n) is 3.82. The number of anilines is 1. The Hall–Kier alpha value is -2.66. The lowest BCUT2D eigenvalue weighted by atomic mass is 10.1. The molecule has 1 aromatic heterocycles. The molecule has 0 atom stereocenters. The number of aromatic nitrogens is 2. The van der Waals surface area contributed by atoms with E-state index in [-0.39, 0.29) is 12.5 Å². The van der Waals surface area contributed by atoms with Gasteiger partial charge in [-0.05, 0) is 24.6 Å². The molecule has 0 aliphatic carbocycles. The van der Waals surface area contributed by atoms with Gasteiger partial charge in [0.2, 0.25) is 5.91 Å². The van der Waals surface area contributed by atoms with E-state index in [2.05, 4.69) is 10.2 Å². The first-order valence-corrected chi connectivity index (χ1v) is 7.68. The average Bonchev–Trinajstić information content (AvgIpc) is 3.01. The highest BCUT2D eigenvalue weighted by molar-refractivity contribution is 5.93. The Morgan fingerprint density at radius 3 is 2.61 bits per heavy atom. The van der Waals surface area contributed by atoms with Crippen LogP contribution in [0.4, 0.5) is 5.69 Å². The highest BCUT2D eigenvalue weighted by Crippen LogP contribution is 2.18. The summed E-state index contributed by atoms with van der Waals surface area (Å²) in [7, 11) is 0. The zero-order valence-corrected chi connectivity index (χ0v) is 12.8. The van der Waals surface area contributed by atoms with Gasteiger partial charge in [0.15, 0.2) is 0 Å². The first-order valence-electron chi connectivity index (χ1n) is 7.68. The van der Waals surface area contributed by atoms with E-state index in [0.717, 1.165) is 22.3 Å². The predicted molar refractivity (Wildman–Crippen MR) is 90.3 cm³/mol. The topological polar surface area (TPSA) is 69.2 Å². The van der Waals surface area contributed by atoms with Crippen LogP contribution in [-0.2, 0) is 11.2 Å². The summed E-state index contributed by atoms with van der Waals surface area (Å²) in [4.78, 5) is 14.2. The van der Waals surface area contributed by atoms with Crippen LogP contribution in [0.15, 0.2) is 54.6 Å². The zero-order valence-electron chi connectivity index (χ0n) is 12.8. The van der Waals surface area contributed by atoms with Crippen LogP contribution in [0, 0.1) is 0 Å². The highest BCUT2D eigenvalue weighted by atomic mass is 16.3. The number of hydrogen-bond donors (Lipinski definition) is 2. The van der Waals surface area contributed by atoms with E-state index in [4.69, 9.17) is 0 Å². The van der Waals surface area contributed by atoms with Crippen LogP contribution in [0.1, 0.15) is 12.1 Å². The van der Waals surface area contributed by atoms with Crippen molar-refractivity contribution >= 4 is 22.5 Å². The fourth-order valence-corrected chi connectivity index (χ4v) is 2.68. The smallest absolute Gasteiger partial charge is 0.227 e. The number of carbonyl (C=O) groups is 1. The van der Waals surface area contributed by atoms with E-state index in [1.54, 1.807) is 4.90 Å². The molecule has 1 heterocycles. The van der Waals surface area contributed by atoms with Crippen molar-refractivity contribution in [2.75, 3.05) is 18.1 Å². The molecule has 3 rings (SSSR count). The molecular formula is C18H19N3O2. The van der Waals surface area contributed by atoms with Gasteiger partial charge < -0.3 is 10.0 Å². The van der Waals surface area contributed by atoms with Gasteiger partial charge in [0.25, 0.3) is 0 Å². The largest absolute Gasteiger partial charge is 0.395 e. The number of aromatic amines is 1. The second kappa shape index (κ2) is 7.07. The van der Waals surface area contributed by atoms with Gasteiger partial charge in [-0.1, -0.05) is 36.4 Å². The molecule has 0 unspecified atom stereocenters. The molecular weight excluding hydrogens is 290 g/mol. The minimum absolute atomic E-state index is 0.0102. The number of aryl methyl sites for hydroxylation is 1. The molecule has 0 saturated heterocycles. The van der Waals surface area contributed by atoms with Gasteiger partial charge in [-0.3, -0.25) is 9.89 Å². The summed E-state index contributed by atoms with van der Waals surface area (Å²) in [6.45, 7) is 0.236. The van der Waals surface area contributed by atoms with E-state index in [0.29, 0.717) is 19.4 Å². The molecule has 0 spiro atoms. The maximum absolute atomic E-state index is 12.5. The number of rotatable bonds is 6. The minimum Gasteiger partial charge on any atom is -0.395 e. The fourth-order valence-electron chi connectivity index (χ4n) is 2.68. The number of fused-ring (bicyclic) bond motifs is 1. The molecule has 0 saturated carbocycles. The Morgan fingerprint density at radius 2 is 1.83 bits per heavy atom. The second-order valence-electron chi connectivity index (χ2n) is 5.32. The van der Waals surface area contributed by atoms with E-state index in [1.807, 2.05) is 54.6 Å². The minimum atomic E-state index is -0.0619. The molecule has 5 nitrogen and oxygen atoms in total. The summed E-state index contributed by atoms with van der Waals surface area (Å²) in [6, 6.07) is 17.3. The lowest BCUT2D eigenvalue weighted by Crippen LogP contribution is -2.33. The molecule has 2 N–H and O–H groups in total. The third-order valence-corrected chi connectivity index (χ3v) is 3.82. The monoisotopic (exact) mass is 309 g/mol. The van der Waals surface area contributed by atoms with Crippen molar-refractivity contribution in [3.8, 4) is 0 Å². The summed E-state index contributed by atoms with van der Waals surface area (Å²) in [5, 5.41) is 17.5. The third kappa shape index (κ3) is 3.40. The summed E-state index contributed by atoms with van der Waals surface area (Å²) in [5.74, 6) is -0.0102. The molecule has 3 aromatic rings. The average molecular weight is 309 g/mol. The van der Waals surface area contributed by atoms with Crippen LogP contribution < -0.4 is 4.90 Å². The van der Waals surface area contributed by atoms with Crippen molar-refractivity contribution in [2.24, 2.45) is 0 Å². The number of carbonyl (C=O) groups excluding carboxylic acids is 1. The molecule has 118 valence electrons. The SMILES string of the molecule is O=C(CCc1[nH]nc2ccccc12)N(CCO)c1ccccc1. The number of aliphatic hydroxyl groups excluding tert-OH is 1. The Morgan fingerprint density at radius 1 is 1.09 bits per heavy atom. The van der Waals surface area contributed by atoms with Crippen molar-refractivity contribution < 1.29 is 9.90 Å². The Balaban J connectivity index is 1.72. The quantitative estimate of drug-likeness (QED) is 0.735. The summed E-state index contributed by atoms with van der Waals surface area (Å²) < 4.78 is 0. The van der Waals surface area contributed by atoms with Gasteiger partial charge in [0.1, 0.15) is 0 Å². The molecule has 2 aromatic carbocycles. The Labute approximate surface area is 134 Å². The van der Waals surface area contributed by atoms with Gasteiger partial charge in [0, 0.05) is 29.7 Å².